The quantitative estimate of drug-likeness (QED) is 0.581. The fourth-order valence-corrected chi connectivity index (χ4v) is 3.06. The molecule has 0 saturated heterocycles. The average Bonchev–Trinajstić information content (AvgIpc) is 2.36. The summed E-state index contributed by atoms with van der Waals surface area (Å²) in [6.07, 6.45) is 1.91. The predicted octanol–water partition coefficient (Wildman–Crippen LogP) is 4.60. The van der Waals surface area contributed by atoms with E-state index in [0.717, 1.165) is 23.1 Å². The minimum Gasteiger partial charge on any atom is -0.297 e. The van der Waals surface area contributed by atoms with Gasteiger partial charge >= 0.3 is 0 Å². The van der Waals surface area contributed by atoms with Gasteiger partial charge in [-0.3, -0.25) is 5.32 Å². The first kappa shape index (κ1) is 16.6. The van der Waals surface area contributed by atoms with Gasteiger partial charge in [0.15, 0.2) is 0 Å². The Bertz CT molecular complexity index is 425. The highest BCUT2D eigenvalue weighted by Gasteiger charge is 2.23. The highest BCUT2D eigenvalue weighted by Crippen LogP contribution is 2.23. The van der Waals surface area contributed by atoms with Crippen LogP contribution in [0.5, 0.6) is 0 Å². The van der Waals surface area contributed by atoms with Crippen LogP contribution in [-0.2, 0) is 0 Å². The Hall–Kier alpha value is -0.500. The van der Waals surface area contributed by atoms with Gasteiger partial charge in [-0.25, -0.2) is 0 Å². The van der Waals surface area contributed by atoms with Crippen LogP contribution in [0, 0.1) is 11.3 Å². The Balaban J connectivity index is 2.33. The number of nitrogens with one attached hydrogen (secondary N) is 1. The first-order valence-electron chi connectivity index (χ1n) is 6.52. The molecule has 2 nitrogen and oxygen atoms in total. The third kappa shape index (κ3) is 6.47. The van der Waals surface area contributed by atoms with E-state index >= 15 is 0 Å². The van der Waals surface area contributed by atoms with E-state index in [9.17, 15) is 5.26 Å². The SMILES string of the molecule is CC(C)NC(C)(C#N)CCCSc1ccc(Br)cc1. The first-order valence-corrected chi connectivity index (χ1v) is 8.30. The molecule has 0 aromatic heterocycles. The van der Waals surface area contributed by atoms with Crippen molar-refractivity contribution in [3.8, 4) is 6.07 Å². The van der Waals surface area contributed by atoms with E-state index in [1.54, 1.807) is 0 Å². The highest BCUT2D eigenvalue weighted by atomic mass is 79.9. The average molecular weight is 341 g/mol. The molecule has 0 fully saturated rings. The molecule has 1 aromatic rings. The van der Waals surface area contributed by atoms with E-state index < -0.39 is 5.54 Å². The fraction of sp³-hybridized carbons (Fsp3) is 0.533. The van der Waals surface area contributed by atoms with Crippen molar-refractivity contribution in [1.82, 2.24) is 5.32 Å². The standard InChI is InChI=1S/C15H21BrN2S/c1-12(2)18-15(3,11-17)9-4-10-19-14-7-5-13(16)6-8-14/h5-8,12,18H,4,9-10H2,1-3H3. The van der Waals surface area contributed by atoms with Gasteiger partial charge < -0.3 is 0 Å². The Morgan fingerprint density at radius 2 is 2.00 bits per heavy atom. The largest absolute Gasteiger partial charge is 0.297 e. The van der Waals surface area contributed by atoms with Crippen molar-refractivity contribution < 1.29 is 0 Å². The van der Waals surface area contributed by atoms with Crippen LogP contribution in [0.15, 0.2) is 33.6 Å². The van der Waals surface area contributed by atoms with Crippen LogP contribution in [0.3, 0.4) is 0 Å². The molecule has 19 heavy (non-hydrogen) atoms. The minimum absolute atomic E-state index is 0.337. The molecule has 0 aliphatic heterocycles. The molecule has 0 saturated carbocycles. The maximum Gasteiger partial charge on any atom is 0.104 e. The number of thioether (sulfide) groups is 1. The molecule has 0 aliphatic carbocycles. The van der Waals surface area contributed by atoms with Gasteiger partial charge in [-0.2, -0.15) is 5.26 Å². The van der Waals surface area contributed by atoms with Crippen molar-refractivity contribution in [2.75, 3.05) is 5.75 Å². The molecule has 1 N–H and O–H groups in total. The van der Waals surface area contributed by atoms with E-state index in [-0.39, 0.29) is 0 Å². The minimum atomic E-state index is -0.408. The summed E-state index contributed by atoms with van der Waals surface area (Å²) in [6, 6.07) is 11.1. The Morgan fingerprint density at radius 1 is 1.37 bits per heavy atom. The first-order chi connectivity index (χ1) is 8.95. The summed E-state index contributed by atoms with van der Waals surface area (Å²) in [5, 5.41) is 12.6. The molecule has 0 amide bonds. The number of benzene rings is 1. The van der Waals surface area contributed by atoms with Crippen LogP contribution in [0.1, 0.15) is 33.6 Å². The molecule has 104 valence electrons. The van der Waals surface area contributed by atoms with Crippen LogP contribution in [0.2, 0.25) is 0 Å². The summed E-state index contributed by atoms with van der Waals surface area (Å²) in [5.74, 6) is 1.04. The van der Waals surface area contributed by atoms with Gasteiger partial charge in [0.05, 0.1) is 6.07 Å². The summed E-state index contributed by atoms with van der Waals surface area (Å²) in [7, 11) is 0. The topological polar surface area (TPSA) is 35.8 Å². The molecule has 0 heterocycles. The van der Waals surface area contributed by atoms with Crippen LogP contribution >= 0.6 is 27.7 Å². The molecule has 1 atom stereocenters. The molecule has 0 bridgehead atoms. The normalized spacial score (nSPS) is 14.1. The molecule has 1 unspecified atom stereocenters. The number of hydrogen-bond acceptors (Lipinski definition) is 3. The maximum absolute atomic E-state index is 9.26. The Labute approximate surface area is 129 Å². The molecule has 1 rings (SSSR count). The maximum atomic E-state index is 9.26. The van der Waals surface area contributed by atoms with E-state index in [2.05, 4.69) is 65.4 Å². The summed E-state index contributed by atoms with van der Waals surface area (Å²) in [5.41, 5.74) is -0.408. The molecular weight excluding hydrogens is 320 g/mol. The van der Waals surface area contributed by atoms with Gasteiger partial charge in [-0.05, 0) is 63.6 Å². The smallest absolute Gasteiger partial charge is 0.104 e. The van der Waals surface area contributed by atoms with Crippen LogP contribution in [0.25, 0.3) is 0 Å². The lowest BCUT2D eigenvalue weighted by Crippen LogP contribution is -2.44. The molecule has 0 aliphatic rings. The van der Waals surface area contributed by atoms with Crippen molar-refractivity contribution in [2.45, 2.75) is 50.1 Å². The zero-order valence-electron chi connectivity index (χ0n) is 11.7. The van der Waals surface area contributed by atoms with Crippen molar-refractivity contribution in [1.29, 1.82) is 5.26 Å². The van der Waals surface area contributed by atoms with Crippen LogP contribution < -0.4 is 5.32 Å². The number of nitrogens with zero attached hydrogens (tertiary/aromatic N) is 1. The molecule has 0 radical (unpaired) electrons. The van der Waals surface area contributed by atoms with Crippen molar-refractivity contribution in [3.63, 3.8) is 0 Å². The summed E-state index contributed by atoms with van der Waals surface area (Å²) in [4.78, 5) is 1.28. The molecular formula is C15H21BrN2S. The van der Waals surface area contributed by atoms with Gasteiger partial charge in [0.2, 0.25) is 0 Å². The number of rotatable bonds is 7. The van der Waals surface area contributed by atoms with Gasteiger partial charge in [0.25, 0.3) is 0 Å². The van der Waals surface area contributed by atoms with E-state index in [1.807, 2.05) is 18.7 Å². The Kier molecular flexibility index (Phi) is 6.92. The summed E-state index contributed by atoms with van der Waals surface area (Å²) < 4.78 is 1.11. The van der Waals surface area contributed by atoms with E-state index in [0.29, 0.717) is 6.04 Å². The Morgan fingerprint density at radius 3 is 2.53 bits per heavy atom. The third-order valence-electron chi connectivity index (χ3n) is 2.76. The number of halogens is 1. The van der Waals surface area contributed by atoms with Crippen molar-refractivity contribution in [2.24, 2.45) is 0 Å². The lowest BCUT2D eigenvalue weighted by molar-refractivity contribution is 0.380. The summed E-state index contributed by atoms with van der Waals surface area (Å²) in [6.45, 7) is 6.13. The number of hydrogen-bond donors (Lipinski definition) is 1. The fourth-order valence-electron chi connectivity index (χ4n) is 1.94. The van der Waals surface area contributed by atoms with E-state index in [4.69, 9.17) is 0 Å². The van der Waals surface area contributed by atoms with Gasteiger partial charge in [0, 0.05) is 15.4 Å². The second kappa shape index (κ2) is 7.94. The van der Waals surface area contributed by atoms with E-state index in [1.165, 1.54) is 4.90 Å². The van der Waals surface area contributed by atoms with Gasteiger partial charge in [0.1, 0.15) is 5.54 Å². The van der Waals surface area contributed by atoms with Gasteiger partial charge in [-0.15, -0.1) is 11.8 Å². The third-order valence-corrected chi connectivity index (χ3v) is 4.38. The summed E-state index contributed by atoms with van der Waals surface area (Å²) >= 11 is 5.27. The number of nitriles is 1. The lowest BCUT2D eigenvalue weighted by atomic mass is 9.97. The molecule has 1 aromatic carbocycles. The molecule has 4 heteroatoms. The monoisotopic (exact) mass is 340 g/mol. The molecule has 0 spiro atoms. The predicted molar refractivity (Wildman–Crippen MR) is 86.4 cm³/mol. The zero-order valence-corrected chi connectivity index (χ0v) is 14.1. The highest BCUT2D eigenvalue weighted by molar-refractivity contribution is 9.10. The second-order valence-electron chi connectivity index (χ2n) is 5.15. The van der Waals surface area contributed by atoms with Crippen molar-refractivity contribution >= 4 is 27.7 Å². The zero-order chi connectivity index (χ0) is 14.3. The lowest BCUT2D eigenvalue weighted by Gasteiger charge is -2.25. The van der Waals surface area contributed by atoms with Crippen LogP contribution in [-0.4, -0.2) is 17.3 Å². The van der Waals surface area contributed by atoms with Gasteiger partial charge in [-0.1, -0.05) is 15.9 Å². The van der Waals surface area contributed by atoms with Crippen LogP contribution in [0.4, 0.5) is 0 Å². The second-order valence-corrected chi connectivity index (χ2v) is 7.23. The van der Waals surface area contributed by atoms with Crippen molar-refractivity contribution in [3.05, 3.63) is 28.7 Å².